The fourth-order valence-electron chi connectivity index (χ4n) is 1.54. The van der Waals surface area contributed by atoms with Crippen molar-refractivity contribution in [1.29, 1.82) is 0 Å². The van der Waals surface area contributed by atoms with Crippen LogP contribution in [0.15, 0.2) is 6.20 Å². The normalized spacial score (nSPS) is 12.9. The molecule has 1 rings (SSSR count). The van der Waals surface area contributed by atoms with Gasteiger partial charge in [0.25, 0.3) is 0 Å². The van der Waals surface area contributed by atoms with Crippen LogP contribution in [-0.2, 0) is 11.3 Å². The first-order valence-electron chi connectivity index (χ1n) is 5.20. The largest absolute Gasteiger partial charge is 0.394 e. The highest BCUT2D eigenvalue weighted by Crippen LogP contribution is 2.14. The third kappa shape index (κ3) is 3.43. The van der Waals surface area contributed by atoms with Crippen molar-refractivity contribution in [1.82, 2.24) is 9.78 Å². The van der Waals surface area contributed by atoms with Crippen molar-refractivity contribution >= 4 is 11.5 Å². The van der Waals surface area contributed by atoms with E-state index in [1.165, 1.54) is 0 Å². The lowest BCUT2D eigenvalue weighted by Crippen LogP contribution is -2.09. The molecule has 0 saturated heterocycles. The van der Waals surface area contributed by atoms with Gasteiger partial charge in [-0.3, -0.25) is 0 Å². The summed E-state index contributed by atoms with van der Waals surface area (Å²) in [5.74, 6) is 1.14. The Bertz CT molecular complexity index is 298. The van der Waals surface area contributed by atoms with Crippen LogP contribution in [-0.4, -0.2) is 23.5 Å². The van der Waals surface area contributed by atoms with Gasteiger partial charge in [-0.05, 0) is 18.8 Å². The van der Waals surface area contributed by atoms with Crippen LogP contribution in [0.5, 0.6) is 0 Å². The van der Waals surface area contributed by atoms with E-state index in [2.05, 4.69) is 12.0 Å². The van der Waals surface area contributed by atoms with Gasteiger partial charge >= 0.3 is 0 Å². The highest BCUT2D eigenvalue weighted by Gasteiger charge is 2.05. The number of anilines is 2. The topological polar surface area (TPSA) is 79.1 Å². The molecule has 1 atom stereocenters. The van der Waals surface area contributed by atoms with E-state index < -0.39 is 0 Å². The van der Waals surface area contributed by atoms with Crippen LogP contribution in [0.25, 0.3) is 0 Å². The fourth-order valence-corrected chi connectivity index (χ4v) is 1.54. The van der Waals surface area contributed by atoms with Crippen molar-refractivity contribution < 1.29 is 4.74 Å². The molecule has 0 saturated carbocycles. The van der Waals surface area contributed by atoms with Gasteiger partial charge in [0.05, 0.1) is 11.9 Å². The molecule has 1 aromatic rings. The first-order chi connectivity index (χ1) is 7.15. The van der Waals surface area contributed by atoms with Crippen LogP contribution in [0.2, 0.25) is 0 Å². The van der Waals surface area contributed by atoms with Crippen LogP contribution in [0.1, 0.15) is 19.8 Å². The van der Waals surface area contributed by atoms with Gasteiger partial charge in [-0.2, -0.15) is 5.10 Å². The van der Waals surface area contributed by atoms with Gasteiger partial charge in [0.1, 0.15) is 5.82 Å². The summed E-state index contributed by atoms with van der Waals surface area (Å²) >= 11 is 0. The second-order valence-corrected chi connectivity index (χ2v) is 3.91. The van der Waals surface area contributed by atoms with Crippen molar-refractivity contribution in [3.63, 3.8) is 0 Å². The summed E-state index contributed by atoms with van der Waals surface area (Å²) in [5.41, 5.74) is 11.9. The SMILES string of the molecule is COCC(C)CCCn1ncc(N)c1N. The monoisotopic (exact) mass is 212 g/mol. The first kappa shape index (κ1) is 11.8. The zero-order valence-electron chi connectivity index (χ0n) is 9.44. The highest BCUT2D eigenvalue weighted by molar-refractivity contribution is 5.56. The number of aryl methyl sites for hydroxylation is 1. The van der Waals surface area contributed by atoms with Crippen LogP contribution in [0, 0.1) is 5.92 Å². The number of hydrogen-bond acceptors (Lipinski definition) is 4. The van der Waals surface area contributed by atoms with Gasteiger partial charge in [-0.15, -0.1) is 0 Å². The molecule has 0 aliphatic heterocycles. The molecule has 0 spiro atoms. The minimum absolute atomic E-state index is 0.555. The lowest BCUT2D eigenvalue weighted by Gasteiger charge is -2.10. The Kier molecular flexibility index (Phi) is 4.42. The number of nitrogen functional groups attached to an aromatic ring is 2. The molecule has 5 heteroatoms. The number of aromatic nitrogens is 2. The Morgan fingerprint density at radius 2 is 2.27 bits per heavy atom. The molecule has 5 nitrogen and oxygen atoms in total. The summed E-state index contributed by atoms with van der Waals surface area (Å²) in [6.45, 7) is 3.79. The van der Waals surface area contributed by atoms with E-state index in [4.69, 9.17) is 16.2 Å². The number of nitrogens with two attached hydrogens (primary N) is 2. The number of nitrogens with zero attached hydrogens (tertiary/aromatic N) is 2. The maximum absolute atomic E-state index is 5.73. The van der Waals surface area contributed by atoms with Crippen molar-refractivity contribution in [3.05, 3.63) is 6.20 Å². The molecule has 0 radical (unpaired) electrons. The summed E-state index contributed by atoms with van der Waals surface area (Å²) in [4.78, 5) is 0. The molecule has 0 aromatic carbocycles. The molecule has 0 aliphatic rings. The van der Waals surface area contributed by atoms with E-state index in [1.54, 1.807) is 18.0 Å². The maximum Gasteiger partial charge on any atom is 0.145 e. The van der Waals surface area contributed by atoms with Gasteiger partial charge in [-0.1, -0.05) is 6.92 Å². The summed E-state index contributed by atoms with van der Waals surface area (Å²) in [6.07, 6.45) is 3.73. The molecule has 0 bridgehead atoms. The zero-order valence-corrected chi connectivity index (χ0v) is 9.44. The predicted molar refractivity (Wildman–Crippen MR) is 61.3 cm³/mol. The van der Waals surface area contributed by atoms with Gasteiger partial charge in [-0.25, -0.2) is 4.68 Å². The van der Waals surface area contributed by atoms with Crippen LogP contribution in [0.3, 0.4) is 0 Å². The second kappa shape index (κ2) is 5.60. The maximum atomic E-state index is 5.73. The average Bonchev–Trinajstić information content (AvgIpc) is 2.50. The quantitative estimate of drug-likeness (QED) is 0.740. The molecular formula is C10H20N4O. The van der Waals surface area contributed by atoms with Crippen LogP contribution in [0.4, 0.5) is 11.5 Å². The lowest BCUT2D eigenvalue weighted by molar-refractivity contribution is 0.153. The van der Waals surface area contributed by atoms with E-state index >= 15 is 0 Å². The Hall–Kier alpha value is -1.23. The molecule has 4 N–H and O–H groups in total. The molecule has 15 heavy (non-hydrogen) atoms. The first-order valence-corrected chi connectivity index (χ1v) is 5.20. The number of hydrogen-bond donors (Lipinski definition) is 2. The van der Waals surface area contributed by atoms with Crippen molar-refractivity contribution in [2.75, 3.05) is 25.2 Å². The van der Waals surface area contributed by atoms with Crippen molar-refractivity contribution in [2.24, 2.45) is 5.92 Å². The molecule has 0 amide bonds. The van der Waals surface area contributed by atoms with Crippen molar-refractivity contribution in [2.45, 2.75) is 26.3 Å². The van der Waals surface area contributed by atoms with E-state index in [-0.39, 0.29) is 0 Å². The third-order valence-corrected chi connectivity index (χ3v) is 2.43. The smallest absolute Gasteiger partial charge is 0.145 e. The zero-order chi connectivity index (χ0) is 11.3. The molecule has 1 heterocycles. The Morgan fingerprint density at radius 1 is 1.53 bits per heavy atom. The molecule has 86 valence electrons. The van der Waals surface area contributed by atoms with E-state index in [1.807, 2.05) is 0 Å². The summed E-state index contributed by atoms with van der Waals surface area (Å²) in [7, 11) is 1.72. The second-order valence-electron chi connectivity index (χ2n) is 3.91. The van der Waals surface area contributed by atoms with Gasteiger partial charge in [0.15, 0.2) is 0 Å². The van der Waals surface area contributed by atoms with Crippen molar-refractivity contribution in [3.8, 4) is 0 Å². The average molecular weight is 212 g/mol. The van der Waals surface area contributed by atoms with E-state index in [9.17, 15) is 0 Å². The summed E-state index contributed by atoms with van der Waals surface area (Å²) in [6, 6.07) is 0. The minimum Gasteiger partial charge on any atom is -0.394 e. The molecule has 0 fully saturated rings. The lowest BCUT2D eigenvalue weighted by atomic mass is 10.1. The van der Waals surface area contributed by atoms with E-state index in [0.29, 0.717) is 17.4 Å². The predicted octanol–water partition coefficient (Wildman–Crippen LogP) is 1.11. The highest BCUT2D eigenvalue weighted by atomic mass is 16.5. The van der Waals surface area contributed by atoms with Crippen LogP contribution < -0.4 is 11.5 Å². The molecule has 1 aromatic heterocycles. The fraction of sp³-hybridized carbons (Fsp3) is 0.700. The Balaban J connectivity index is 2.29. The van der Waals surface area contributed by atoms with Crippen LogP contribution >= 0.6 is 0 Å². The molecule has 0 aliphatic carbocycles. The Labute approximate surface area is 90.4 Å². The minimum atomic E-state index is 0.555. The number of ether oxygens (including phenoxy) is 1. The Morgan fingerprint density at radius 3 is 2.80 bits per heavy atom. The third-order valence-electron chi connectivity index (χ3n) is 2.43. The number of rotatable bonds is 6. The summed E-state index contributed by atoms with van der Waals surface area (Å²) in [5, 5.41) is 4.09. The van der Waals surface area contributed by atoms with Gasteiger partial charge in [0, 0.05) is 20.3 Å². The molecule has 1 unspecified atom stereocenters. The summed E-state index contributed by atoms with van der Waals surface area (Å²) < 4.78 is 6.81. The standard InChI is InChI=1S/C10H20N4O/c1-8(7-15-2)4-3-5-14-10(12)9(11)6-13-14/h6,8H,3-5,7,11-12H2,1-2H3. The van der Waals surface area contributed by atoms with Gasteiger partial charge < -0.3 is 16.2 Å². The molecular weight excluding hydrogens is 192 g/mol. The number of methoxy groups -OCH3 is 1. The van der Waals surface area contributed by atoms with E-state index in [0.717, 1.165) is 26.0 Å². The van der Waals surface area contributed by atoms with Gasteiger partial charge in [0.2, 0.25) is 0 Å².